The van der Waals surface area contributed by atoms with Gasteiger partial charge in [0.25, 0.3) is 0 Å². The Morgan fingerprint density at radius 1 is 1.46 bits per heavy atom. The van der Waals surface area contributed by atoms with Gasteiger partial charge in [-0.2, -0.15) is 0 Å². The average molecular weight is 209 g/mol. The lowest BCUT2D eigenvalue weighted by atomic mass is 10.6. The van der Waals surface area contributed by atoms with Gasteiger partial charge in [0, 0.05) is 12.8 Å². The summed E-state index contributed by atoms with van der Waals surface area (Å²) in [6.45, 7) is 2.39. The molecule has 0 spiro atoms. The van der Waals surface area contributed by atoms with Crippen molar-refractivity contribution < 1.29 is 17.9 Å². The second-order valence-corrected chi connectivity index (χ2v) is 4.87. The van der Waals surface area contributed by atoms with Crippen LogP contribution in [0.3, 0.4) is 0 Å². The van der Waals surface area contributed by atoms with Crippen molar-refractivity contribution in [2.45, 2.75) is 6.92 Å². The quantitative estimate of drug-likeness (QED) is 0.457. The Hall–Kier alpha value is -0.620. The summed E-state index contributed by atoms with van der Waals surface area (Å²) in [6.07, 6.45) is 1.15. The fourth-order valence-electron chi connectivity index (χ4n) is 0.660. The van der Waals surface area contributed by atoms with Gasteiger partial charge in [-0.05, 0) is 6.92 Å². The topological polar surface area (TPSA) is 72.5 Å². The Morgan fingerprint density at radius 3 is 2.54 bits per heavy atom. The fraction of sp³-hybridized carbons (Fsp3) is 0.857. The molecule has 0 unspecified atom stereocenters. The molecule has 0 aromatic carbocycles. The van der Waals surface area contributed by atoms with Crippen LogP contribution in [0.2, 0.25) is 0 Å². The number of hydrogen-bond donors (Lipinski definition) is 1. The summed E-state index contributed by atoms with van der Waals surface area (Å²) >= 11 is 0. The average Bonchev–Trinajstić information content (AvgIpc) is 1.97. The highest BCUT2D eigenvalue weighted by Gasteiger charge is 2.03. The van der Waals surface area contributed by atoms with E-state index in [1.54, 1.807) is 6.92 Å². The lowest BCUT2D eigenvalue weighted by molar-refractivity contribution is -0.141. The molecule has 0 amide bonds. The van der Waals surface area contributed by atoms with E-state index >= 15 is 0 Å². The molecule has 0 aliphatic rings. The molecule has 0 atom stereocenters. The lowest BCUT2D eigenvalue weighted by Crippen LogP contribution is -2.29. The molecule has 0 saturated heterocycles. The van der Waals surface area contributed by atoms with Gasteiger partial charge < -0.3 is 10.1 Å². The minimum Gasteiger partial charge on any atom is -0.465 e. The van der Waals surface area contributed by atoms with Crippen LogP contribution in [0.25, 0.3) is 0 Å². The molecule has 0 aliphatic carbocycles. The van der Waals surface area contributed by atoms with E-state index in [0.29, 0.717) is 6.61 Å². The Kier molecular flexibility index (Phi) is 5.65. The van der Waals surface area contributed by atoms with Gasteiger partial charge in [-0.1, -0.05) is 0 Å². The van der Waals surface area contributed by atoms with Crippen molar-refractivity contribution in [3.8, 4) is 0 Å². The van der Waals surface area contributed by atoms with Gasteiger partial charge in [-0.3, -0.25) is 4.79 Å². The predicted molar refractivity (Wildman–Crippen MR) is 49.2 cm³/mol. The first-order chi connectivity index (χ1) is 5.95. The summed E-state index contributed by atoms with van der Waals surface area (Å²) in [4.78, 5) is 10.7. The van der Waals surface area contributed by atoms with Gasteiger partial charge >= 0.3 is 5.97 Å². The third-order valence-electron chi connectivity index (χ3n) is 1.22. The highest BCUT2D eigenvalue weighted by molar-refractivity contribution is 7.90. The minimum atomic E-state index is -2.95. The van der Waals surface area contributed by atoms with E-state index < -0.39 is 9.84 Å². The number of ether oxygens (including phenoxy) is 1. The Bertz CT molecular complexity index is 247. The van der Waals surface area contributed by atoms with Crippen LogP contribution in [0.1, 0.15) is 6.92 Å². The van der Waals surface area contributed by atoms with E-state index in [1.165, 1.54) is 0 Å². The Morgan fingerprint density at radius 2 is 2.08 bits per heavy atom. The smallest absolute Gasteiger partial charge is 0.319 e. The first-order valence-corrected chi connectivity index (χ1v) is 6.06. The van der Waals surface area contributed by atoms with Gasteiger partial charge in [0.1, 0.15) is 9.84 Å². The third-order valence-corrected chi connectivity index (χ3v) is 2.17. The van der Waals surface area contributed by atoms with E-state index in [2.05, 4.69) is 10.1 Å². The van der Waals surface area contributed by atoms with E-state index in [9.17, 15) is 13.2 Å². The summed E-state index contributed by atoms with van der Waals surface area (Å²) in [5, 5.41) is 2.67. The molecule has 6 heteroatoms. The molecule has 0 aromatic heterocycles. The molecule has 0 fully saturated rings. The second kappa shape index (κ2) is 5.93. The fourth-order valence-corrected chi connectivity index (χ4v) is 1.18. The standard InChI is InChI=1S/C7H15NO4S/c1-3-12-7(9)6-8-4-5-13(2,10)11/h8H,3-6H2,1-2H3. The maximum Gasteiger partial charge on any atom is 0.319 e. The van der Waals surface area contributed by atoms with Crippen molar-refractivity contribution in [1.29, 1.82) is 0 Å². The number of nitrogens with one attached hydrogen (secondary N) is 1. The molecule has 5 nitrogen and oxygen atoms in total. The van der Waals surface area contributed by atoms with E-state index in [1.807, 2.05) is 0 Å². The van der Waals surface area contributed by atoms with Crippen LogP contribution in [-0.2, 0) is 19.4 Å². The van der Waals surface area contributed by atoms with Gasteiger partial charge in [-0.25, -0.2) is 8.42 Å². The number of carbonyl (C=O) groups is 1. The van der Waals surface area contributed by atoms with Gasteiger partial charge in [0.2, 0.25) is 0 Å². The Balaban J connectivity index is 3.41. The molecular formula is C7H15NO4S. The molecule has 0 rings (SSSR count). The van der Waals surface area contributed by atoms with Crippen molar-refractivity contribution in [3.05, 3.63) is 0 Å². The minimum absolute atomic E-state index is 0.0341. The summed E-state index contributed by atoms with van der Waals surface area (Å²) in [7, 11) is -2.95. The summed E-state index contributed by atoms with van der Waals surface area (Å²) in [6, 6.07) is 0. The molecule has 0 radical (unpaired) electrons. The number of carbonyl (C=O) groups excluding carboxylic acids is 1. The number of esters is 1. The molecule has 0 aromatic rings. The second-order valence-electron chi connectivity index (χ2n) is 2.61. The van der Waals surface area contributed by atoms with Crippen molar-refractivity contribution in [1.82, 2.24) is 5.32 Å². The summed E-state index contributed by atoms with van der Waals surface area (Å²) < 4.78 is 25.9. The number of hydrogen-bond acceptors (Lipinski definition) is 5. The van der Waals surface area contributed by atoms with Crippen LogP contribution >= 0.6 is 0 Å². The van der Waals surface area contributed by atoms with Crippen molar-refractivity contribution in [2.75, 3.05) is 31.7 Å². The maximum atomic E-state index is 10.7. The van der Waals surface area contributed by atoms with E-state index in [0.717, 1.165) is 6.26 Å². The normalized spacial score (nSPS) is 11.2. The summed E-state index contributed by atoms with van der Waals surface area (Å²) in [5.41, 5.74) is 0. The monoisotopic (exact) mass is 209 g/mol. The molecule has 0 aliphatic heterocycles. The van der Waals surface area contributed by atoms with Gasteiger partial charge in [0.15, 0.2) is 0 Å². The van der Waals surface area contributed by atoms with Crippen molar-refractivity contribution in [3.63, 3.8) is 0 Å². The highest BCUT2D eigenvalue weighted by Crippen LogP contribution is 1.80. The first kappa shape index (κ1) is 12.4. The molecule has 0 saturated carbocycles. The zero-order valence-corrected chi connectivity index (χ0v) is 8.69. The zero-order chi connectivity index (χ0) is 10.3. The van der Waals surface area contributed by atoms with Crippen LogP contribution in [0.15, 0.2) is 0 Å². The molecule has 0 bridgehead atoms. The molecular weight excluding hydrogens is 194 g/mol. The van der Waals surface area contributed by atoms with Crippen LogP contribution in [-0.4, -0.2) is 46.1 Å². The third kappa shape index (κ3) is 9.29. The van der Waals surface area contributed by atoms with Crippen molar-refractivity contribution in [2.24, 2.45) is 0 Å². The van der Waals surface area contributed by atoms with Crippen LogP contribution in [0, 0.1) is 0 Å². The molecule has 13 heavy (non-hydrogen) atoms. The van der Waals surface area contributed by atoms with Crippen LogP contribution < -0.4 is 5.32 Å². The molecule has 0 heterocycles. The molecule has 1 N–H and O–H groups in total. The number of rotatable bonds is 6. The highest BCUT2D eigenvalue weighted by atomic mass is 32.2. The Labute approximate surface area is 78.4 Å². The molecule has 78 valence electrons. The van der Waals surface area contributed by atoms with E-state index in [4.69, 9.17) is 0 Å². The zero-order valence-electron chi connectivity index (χ0n) is 7.87. The SMILES string of the molecule is CCOC(=O)CNCCS(C)(=O)=O. The largest absolute Gasteiger partial charge is 0.465 e. The van der Waals surface area contributed by atoms with E-state index in [-0.39, 0.29) is 24.8 Å². The van der Waals surface area contributed by atoms with Crippen LogP contribution in [0.5, 0.6) is 0 Å². The van der Waals surface area contributed by atoms with Gasteiger partial charge in [-0.15, -0.1) is 0 Å². The number of sulfone groups is 1. The summed E-state index contributed by atoms with van der Waals surface area (Å²) in [5.74, 6) is -0.331. The predicted octanol–water partition coefficient (Wildman–Crippen LogP) is -0.816. The van der Waals surface area contributed by atoms with Crippen molar-refractivity contribution >= 4 is 15.8 Å². The first-order valence-electron chi connectivity index (χ1n) is 3.99. The van der Waals surface area contributed by atoms with Gasteiger partial charge in [0.05, 0.1) is 18.9 Å². The van der Waals surface area contributed by atoms with Crippen LogP contribution in [0.4, 0.5) is 0 Å². The maximum absolute atomic E-state index is 10.7. The lowest BCUT2D eigenvalue weighted by Gasteiger charge is -2.03.